The minimum atomic E-state index is -4.07. The first kappa shape index (κ1) is 36.2. The molecule has 0 bridgehead atoms. The van der Waals surface area contributed by atoms with E-state index in [9.17, 15) is 18.0 Å². The molecule has 0 saturated carbocycles. The summed E-state index contributed by atoms with van der Waals surface area (Å²) in [5.41, 5.74) is 3.60. The summed E-state index contributed by atoms with van der Waals surface area (Å²) in [5, 5.41) is 10.5. The van der Waals surface area contributed by atoms with Crippen molar-refractivity contribution < 1.29 is 27.0 Å². The first-order chi connectivity index (χ1) is 23.9. The fourth-order valence-electron chi connectivity index (χ4n) is 5.51. The van der Waals surface area contributed by atoms with Crippen molar-refractivity contribution in [3.63, 3.8) is 0 Å². The quantitative estimate of drug-likeness (QED) is 0.132. The minimum absolute atomic E-state index is 0.0551. The van der Waals surface area contributed by atoms with E-state index in [2.05, 4.69) is 27.3 Å². The van der Waals surface area contributed by atoms with E-state index in [1.807, 2.05) is 25.1 Å². The molecule has 3 heterocycles. The van der Waals surface area contributed by atoms with Crippen LogP contribution in [0.3, 0.4) is 0 Å². The highest BCUT2D eigenvalue weighted by molar-refractivity contribution is 7.92. The molecule has 0 fully saturated rings. The molecule has 14 heteroatoms. The second-order valence-corrected chi connectivity index (χ2v) is 13.7. The lowest BCUT2D eigenvalue weighted by Crippen LogP contribution is -2.34. The Bertz CT molecular complexity index is 2200. The van der Waals surface area contributed by atoms with Crippen LogP contribution in [0.15, 0.2) is 61.2 Å². The number of hydrogen-bond donors (Lipinski definition) is 2. The van der Waals surface area contributed by atoms with Crippen molar-refractivity contribution >= 4 is 27.6 Å². The lowest BCUT2D eigenvalue weighted by atomic mass is 9.97. The molecule has 0 aliphatic rings. The molecule has 3 aromatic heterocycles. The number of sulfonamides is 1. The Kier molecular flexibility index (Phi) is 11.0. The minimum Gasteiger partial charge on any atom is -0.377 e. The van der Waals surface area contributed by atoms with Gasteiger partial charge in [0.2, 0.25) is 0 Å². The summed E-state index contributed by atoms with van der Waals surface area (Å²) < 4.78 is 47.6. The van der Waals surface area contributed by atoms with Gasteiger partial charge in [-0.25, -0.2) is 13.4 Å². The molecule has 264 valence electrons. The van der Waals surface area contributed by atoms with E-state index in [0.717, 1.165) is 24.0 Å². The Morgan fingerprint density at radius 2 is 1.60 bits per heavy atom. The Labute approximate surface area is 291 Å². The average Bonchev–Trinajstić information content (AvgIpc) is 3.57. The summed E-state index contributed by atoms with van der Waals surface area (Å²) in [5.74, 6) is 1.38. The lowest BCUT2D eigenvalue weighted by Gasteiger charge is -2.18. The molecule has 0 saturated heterocycles. The fourth-order valence-corrected chi connectivity index (χ4v) is 6.79. The highest BCUT2D eigenvalue weighted by Crippen LogP contribution is 2.33. The van der Waals surface area contributed by atoms with E-state index >= 15 is 0 Å². The van der Waals surface area contributed by atoms with Gasteiger partial charge in [-0.3, -0.25) is 18.9 Å². The van der Waals surface area contributed by atoms with Crippen molar-refractivity contribution in [1.29, 1.82) is 0 Å². The van der Waals surface area contributed by atoms with Gasteiger partial charge in [0, 0.05) is 29.7 Å². The van der Waals surface area contributed by atoms with Crippen molar-refractivity contribution in [2.75, 3.05) is 16.6 Å². The van der Waals surface area contributed by atoms with E-state index in [-0.39, 0.29) is 35.2 Å². The molecule has 5 rings (SSSR count). The zero-order valence-electron chi connectivity index (χ0n) is 29.3. The number of hydrogen-bond acceptors (Lipinski definition) is 10. The standard InChI is InChI=1S/C36H42N6O7S/c1-8-10-15-31-37-23(5)32(35(43)38-33-21(3)24(6)48-39-33)36(44)42(31)19-26-16-17-28(27(18-26)20-47-9-2)29-13-11-12-14-30(29)50(45,46)41-34-22(4)25(7)49-40-34/h11-14,16-18H,8-10,15,19-20H2,1-7H3,(H,40,41)(H,38,39,43). The smallest absolute Gasteiger partial charge is 0.266 e. The molecule has 0 radical (unpaired) electrons. The van der Waals surface area contributed by atoms with Gasteiger partial charge in [0.15, 0.2) is 11.6 Å². The fraction of sp³-hybridized carbons (Fsp3) is 0.361. The molecule has 13 nitrogen and oxygen atoms in total. The highest BCUT2D eigenvalue weighted by Gasteiger charge is 2.25. The first-order valence-electron chi connectivity index (χ1n) is 16.4. The predicted molar refractivity (Wildman–Crippen MR) is 189 cm³/mol. The second kappa shape index (κ2) is 15.2. The molecule has 2 N–H and O–H groups in total. The number of rotatable bonds is 14. The SMILES string of the molecule is CCCCc1nc(C)c(C(=O)Nc2noc(C)c2C)c(=O)n1Cc1ccc(-c2ccccc2S(=O)(=O)Nc2noc(C)c2C)c(COCC)c1. The van der Waals surface area contributed by atoms with Crippen LogP contribution in [0.25, 0.3) is 11.1 Å². The van der Waals surface area contributed by atoms with Crippen molar-refractivity contribution in [3.8, 4) is 11.1 Å². The third kappa shape index (κ3) is 7.55. The molecular weight excluding hydrogens is 660 g/mol. The van der Waals surface area contributed by atoms with Crippen LogP contribution in [0.5, 0.6) is 0 Å². The molecular formula is C36H42N6O7S. The lowest BCUT2D eigenvalue weighted by molar-refractivity contribution is 0.102. The molecule has 5 aromatic rings. The van der Waals surface area contributed by atoms with Crippen LogP contribution in [-0.4, -0.2) is 40.8 Å². The van der Waals surface area contributed by atoms with Gasteiger partial charge in [-0.15, -0.1) is 0 Å². The number of nitrogens with zero attached hydrogens (tertiary/aromatic N) is 4. The van der Waals surface area contributed by atoms with Gasteiger partial charge < -0.3 is 19.1 Å². The zero-order valence-corrected chi connectivity index (χ0v) is 30.2. The zero-order chi connectivity index (χ0) is 36.2. The normalized spacial score (nSPS) is 11.6. The molecule has 0 aliphatic heterocycles. The van der Waals surface area contributed by atoms with Crippen LogP contribution in [0.4, 0.5) is 11.6 Å². The summed E-state index contributed by atoms with van der Waals surface area (Å²) in [6.45, 7) is 13.3. The van der Waals surface area contributed by atoms with Gasteiger partial charge in [-0.1, -0.05) is 60.1 Å². The third-order valence-electron chi connectivity index (χ3n) is 8.63. The van der Waals surface area contributed by atoms with Gasteiger partial charge in [0.25, 0.3) is 21.5 Å². The maximum atomic E-state index is 14.1. The van der Waals surface area contributed by atoms with E-state index in [0.29, 0.717) is 58.3 Å². The molecule has 0 spiro atoms. The summed E-state index contributed by atoms with van der Waals surface area (Å²) in [7, 11) is -4.07. The van der Waals surface area contributed by atoms with E-state index in [4.69, 9.17) is 18.8 Å². The topological polar surface area (TPSA) is 171 Å². The molecule has 1 amide bonds. The number of anilines is 2. The Morgan fingerprint density at radius 3 is 2.24 bits per heavy atom. The van der Waals surface area contributed by atoms with Crippen LogP contribution in [0.2, 0.25) is 0 Å². The largest absolute Gasteiger partial charge is 0.377 e. The monoisotopic (exact) mass is 702 g/mol. The molecule has 50 heavy (non-hydrogen) atoms. The number of aromatic nitrogens is 4. The van der Waals surface area contributed by atoms with E-state index < -0.39 is 21.5 Å². The number of nitrogens with one attached hydrogen (secondary N) is 2. The first-order valence-corrected chi connectivity index (χ1v) is 17.9. The van der Waals surface area contributed by atoms with Crippen LogP contribution >= 0.6 is 0 Å². The van der Waals surface area contributed by atoms with Crippen LogP contribution in [0, 0.1) is 34.6 Å². The summed E-state index contributed by atoms with van der Waals surface area (Å²) in [6.07, 6.45) is 2.24. The maximum Gasteiger partial charge on any atom is 0.266 e. The van der Waals surface area contributed by atoms with Crippen molar-refractivity contribution in [3.05, 3.63) is 104 Å². The Morgan fingerprint density at radius 1 is 0.920 bits per heavy atom. The number of benzene rings is 2. The highest BCUT2D eigenvalue weighted by atomic mass is 32.2. The average molecular weight is 703 g/mol. The number of amides is 1. The molecule has 0 unspecified atom stereocenters. The van der Waals surface area contributed by atoms with Crippen LogP contribution in [0.1, 0.15) is 82.3 Å². The van der Waals surface area contributed by atoms with E-state index in [1.54, 1.807) is 52.8 Å². The predicted octanol–water partition coefficient (Wildman–Crippen LogP) is 6.41. The molecule has 0 atom stereocenters. The van der Waals surface area contributed by atoms with Crippen LogP contribution in [-0.2, 0) is 34.3 Å². The number of ether oxygens (including phenoxy) is 1. The number of carbonyl (C=O) groups is 1. The van der Waals surface area contributed by atoms with Crippen molar-refractivity contribution in [1.82, 2.24) is 19.9 Å². The van der Waals surface area contributed by atoms with Crippen molar-refractivity contribution in [2.24, 2.45) is 0 Å². The van der Waals surface area contributed by atoms with Gasteiger partial charge in [0.1, 0.15) is 22.9 Å². The number of unbranched alkanes of at least 4 members (excludes halogenated alkanes) is 1. The van der Waals surface area contributed by atoms with Crippen LogP contribution < -0.4 is 15.6 Å². The van der Waals surface area contributed by atoms with Gasteiger partial charge >= 0.3 is 0 Å². The van der Waals surface area contributed by atoms with Gasteiger partial charge in [-0.05, 0) is 70.7 Å². The van der Waals surface area contributed by atoms with E-state index in [1.165, 1.54) is 10.6 Å². The van der Waals surface area contributed by atoms with Gasteiger partial charge in [0.05, 0.1) is 23.7 Å². The summed E-state index contributed by atoms with van der Waals surface area (Å²) >= 11 is 0. The second-order valence-electron chi connectivity index (χ2n) is 12.1. The van der Waals surface area contributed by atoms with Crippen molar-refractivity contribution in [2.45, 2.75) is 85.8 Å². The number of aryl methyl sites for hydroxylation is 4. The maximum absolute atomic E-state index is 14.1. The Hall–Kier alpha value is -5.08. The van der Waals surface area contributed by atoms with Gasteiger partial charge in [-0.2, -0.15) is 0 Å². The Balaban J connectivity index is 1.56. The molecule has 2 aromatic carbocycles. The molecule has 0 aliphatic carbocycles. The summed E-state index contributed by atoms with van der Waals surface area (Å²) in [6, 6.07) is 12.2. The summed E-state index contributed by atoms with van der Waals surface area (Å²) in [4.78, 5) is 32.3. The number of carbonyl (C=O) groups excluding carboxylic acids is 1. The third-order valence-corrected chi connectivity index (χ3v) is 10.0.